The number of hydrogen-bond acceptors (Lipinski definition) is 5. The van der Waals surface area contributed by atoms with Gasteiger partial charge in [-0.25, -0.2) is 13.1 Å². The standard InChI is InChI=1S/C12H20N2O3S2/c13-9-11-12(5-8-18-11)19(15,16)14-6-7-17-10-3-1-2-4-10/h5,8,10,14H,1-4,6-7,9,13H2. The van der Waals surface area contributed by atoms with Crippen molar-refractivity contribution >= 4 is 21.4 Å². The molecule has 1 aliphatic rings. The van der Waals surface area contributed by atoms with Crippen molar-refractivity contribution in [2.75, 3.05) is 13.2 Å². The molecule has 1 aliphatic carbocycles. The molecule has 3 N–H and O–H groups in total. The normalized spacial score (nSPS) is 17.1. The molecule has 7 heteroatoms. The number of nitrogens with one attached hydrogen (secondary N) is 1. The molecule has 0 spiro atoms. The van der Waals surface area contributed by atoms with Gasteiger partial charge in [-0.1, -0.05) is 12.8 Å². The van der Waals surface area contributed by atoms with Gasteiger partial charge in [0.1, 0.15) is 0 Å². The Kier molecular flexibility index (Phi) is 5.35. The highest BCUT2D eigenvalue weighted by Gasteiger charge is 2.19. The summed E-state index contributed by atoms with van der Waals surface area (Å²) in [5.74, 6) is 0. The zero-order valence-corrected chi connectivity index (χ0v) is 12.4. The highest BCUT2D eigenvalue weighted by molar-refractivity contribution is 7.89. The van der Waals surface area contributed by atoms with Crippen LogP contribution < -0.4 is 10.5 Å². The van der Waals surface area contributed by atoms with Crippen molar-refractivity contribution < 1.29 is 13.2 Å². The van der Waals surface area contributed by atoms with E-state index in [2.05, 4.69) is 4.72 Å². The van der Waals surface area contributed by atoms with Crippen molar-refractivity contribution in [3.63, 3.8) is 0 Å². The Morgan fingerprint density at radius 1 is 1.42 bits per heavy atom. The Hall–Kier alpha value is -0.470. The third kappa shape index (κ3) is 4.00. The van der Waals surface area contributed by atoms with Gasteiger partial charge in [-0.15, -0.1) is 11.3 Å². The number of hydrogen-bond donors (Lipinski definition) is 2. The van der Waals surface area contributed by atoms with E-state index in [1.807, 2.05) is 0 Å². The summed E-state index contributed by atoms with van der Waals surface area (Å²) in [5, 5.41) is 1.74. The first-order valence-corrected chi connectivity index (χ1v) is 8.87. The molecule has 0 aliphatic heterocycles. The first-order valence-electron chi connectivity index (χ1n) is 6.51. The Bertz CT molecular complexity index is 493. The highest BCUT2D eigenvalue weighted by atomic mass is 32.2. The van der Waals surface area contributed by atoms with Crippen molar-refractivity contribution in [3.8, 4) is 0 Å². The van der Waals surface area contributed by atoms with Gasteiger partial charge in [0.2, 0.25) is 10.0 Å². The average molecular weight is 304 g/mol. The minimum atomic E-state index is -3.46. The van der Waals surface area contributed by atoms with Gasteiger partial charge in [-0.3, -0.25) is 0 Å². The fourth-order valence-corrected chi connectivity index (χ4v) is 4.60. The van der Waals surface area contributed by atoms with Gasteiger partial charge < -0.3 is 10.5 Å². The van der Waals surface area contributed by atoms with Crippen LogP contribution in [0, 0.1) is 0 Å². The van der Waals surface area contributed by atoms with E-state index >= 15 is 0 Å². The second-order valence-electron chi connectivity index (χ2n) is 4.59. The molecule has 19 heavy (non-hydrogen) atoms. The van der Waals surface area contributed by atoms with Crippen LogP contribution >= 0.6 is 11.3 Å². The lowest BCUT2D eigenvalue weighted by Crippen LogP contribution is -2.29. The summed E-state index contributed by atoms with van der Waals surface area (Å²) < 4.78 is 32.3. The third-order valence-electron chi connectivity index (χ3n) is 3.23. The predicted octanol–water partition coefficient (Wildman–Crippen LogP) is 1.44. The third-order valence-corrected chi connectivity index (χ3v) is 5.85. The lowest BCUT2D eigenvalue weighted by molar-refractivity contribution is 0.0626. The lowest BCUT2D eigenvalue weighted by Gasteiger charge is -2.11. The van der Waals surface area contributed by atoms with Crippen LogP contribution in [0.25, 0.3) is 0 Å². The van der Waals surface area contributed by atoms with Crippen LogP contribution in [0.5, 0.6) is 0 Å². The van der Waals surface area contributed by atoms with Crippen molar-refractivity contribution in [2.24, 2.45) is 5.73 Å². The molecule has 1 heterocycles. The van der Waals surface area contributed by atoms with E-state index in [1.165, 1.54) is 24.2 Å². The van der Waals surface area contributed by atoms with E-state index in [0.29, 0.717) is 29.0 Å². The number of thiophene rings is 1. The van der Waals surface area contributed by atoms with E-state index in [9.17, 15) is 8.42 Å². The van der Waals surface area contributed by atoms with Crippen LogP contribution in [0.4, 0.5) is 0 Å². The average Bonchev–Trinajstić information content (AvgIpc) is 3.05. The van der Waals surface area contributed by atoms with Gasteiger partial charge in [-0.05, 0) is 24.3 Å². The van der Waals surface area contributed by atoms with Crippen molar-refractivity contribution in [1.29, 1.82) is 0 Å². The maximum atomic E-state index is 12.1. The first kappa shape index (κ1) is 14.9. The van der Waals surface area contributed by atoms with Crippen LogP contribution in [0.2, 0.25) is 0 Å². The van der Waals surface area contributed by atoms with Gasteiger partial charge >= 0.3 is 0 Å². The predicted molar refractivity (Wildman–Crippen MR) is 75.6 cm³/mol. The molecular weight excluding hydrogens is 284 g/mol. The maximum absolute atomic E-state index is 12.1. The largest absolute Gasteiger partial charge is 0.377 e. The van der Waals surface area contributed by atoms with E-state index < -0.39 is 10.0 Å². The van der Waals surface area contributed by atoms with Crippen LogP contribution in [0.1, 0.15) is 30.6 Å². The van der Waals surface area contributed by atoms with Crippen LogP contribution in [-0.2, 0) is 21.3 Å². The Labute approximate surface area is 118 Å². The van der Waals surface area contributed by atoms with E-state index in [1.54, 1.807) is 11.4 Å². The summed E-state index contributed by atoms with van der Waals surface area (Å²) in [6, 6.07) is 1.59. The van der Waals surface area contributed by atoms with Gasteiger partial charge in [0.15, 0.2) is 0 Å². The molecule has 0 unspecified atom stereocenters. The summed E-state index contributed by atoms with van der Waals surface area (Å²) in [4.78, 5) is 0.977. The molecule has 5 nitrogen and oxygen atoms in total. The quantitative estimate of drug-likeness (QED) is 0.747. The van der Waals surface area contributed by atoms with E-state index in [4.69, 9.17) is 10.5 Å². The molecule has 2 rings (SSSR count). The second kappa shape index (κ2) is 6.81. The number of sulfonamides is 1. The molecule has 1 saturated carbocycles. The summed E-state index contributed by atoms with van der Waals surface area (Å²) in [7, 11) is -3.46. The monoisotopic (exact) mass is 304 g/mol. The van der Waals surface area contributed by atoms with Gasteiger partial charge in [-0.2, -0.15) is 0 Å². The Morgan fingerprint density at radius 3 is 2.84 bits per heavy atom. The Morgan fingerprint density at radius 2 is 2.16 bits per heavy atom. The summed E-state index contributed by atoms with van der Waals surface area (Å²) in [6.07, 6.45) is 4.92. The SMILES string of the molecule is NCc1sccc1S(=O)(=O)NCCOC1CCCC1. The molecule has 1 aromatic rings. The van der Waals surface area contributed by atoms with E-state index in [-0.39, 0.29) is 6.54 Å². The van der Waals surface area contributed by atoms with Crippen molar-refractivity contribution in [3.05, 3.63) is 16.3 Å². The summed E-state index contributed by atoms with van der Waals surface area (Å²) in [5.41, 5.74) is 5.52. The fraction of sp³-hybridized carbons (Fsp3) is 0.667. The summed E-state index contributed by atoms with van der Waals surface area (Å²) >= 11 is 1.36. The Balaban J connectivity index is 1.81. The molecule has 108 valence electrons. The minimum Gasteiger partial charge on any atom is -0.377 e. The summed E-state index contributed by atoms with van der Waals surface area (Å²) in [6.45, 7) is 0.969. The van der Waals surface area contributed by atoms with Crippen molar-refractivity contribution in [1.82, 2.24) is 4.72 Å². The second-order valence-corrected chi connectivity index (χ2v) is 7.32. The van der Waals surface area contributed by atoms with E-state index in [0.717, 1.165) is 12.8 Å². The number of nitrogens with two attached hydrogens (primary N) is 1. The van der Waals surface area contributed by atoms with Crippen LogP contribution in [0.15, 0.2) is 16.3 Å². The fourth-order valence-electron chi connectivity index (χ4n) is 2.25. The zero-order chi connectivity index (χ0) is 13.7. The minimum absolute atomic E-state index is 0.243. The molecule has 1 fully saturated rings. The molecule has 0 aromatic carbocycles. The smallest absolute Gasteiger partial charge is 0.241 e. The first-order chi connectivity index (χ1) is 9.13. The highest BCUT2D eigenvalue weighted by Crippen LogP contribution is 2.22. The van der Waals surface area contributed by atoms with Gasteiger partial charge in [0.05, 0.1) is 17.6 Å². The topological polar surface area (TPSA) is 81.4 Å². The van der Waals surface area contributed by atoms with Crippen LogP contribution in [-0.4, -0.2) is 27.7 Å². The molecule has 0 saturated heterocycles. The molecular formula is C12H20N2O3S2. The number of rotatable bonds is 7. The maximum Gasteiger partial charge on any atom is 0.241 e. The lowest BCUT2D eigenvalue weighted by atomic mass is 10.3. The molecule has 0 atom stereocenters. The van der Waals surface area contributed by atoms with Gasteiger partial charge in [0.25, 0.3) is 0 Å². The van der Waals surface area contributed by atoms with Crippen LogP contribution in [0.3, 0.4) is 0 Å². The van der Waals surface area contributed by atoms with Crippen molar-refractivity contribution in [2.45, 2.75) is 43.2 Å². The van der Waals surface area contributed by atoms with Gasteiger partial charge in [0, 0.05) is 18.0 Å². The molecule has 0 bridgehead atoms. The molecule has 0 amide bonds. The molecule has 0 radical (unpaired) electrons. The molecule has 1 aromatic heterocycles. The zero-order valence-electron chi connectivity index (χ0n) is 10.8. The number of ether oxygens (including phenoxy) is 1.